The lowest BCUT2D eigenvalue weighted by molar-refractivity contribution is 0.0105. The number of morpholine rings is 1. The van der Waals surface area contributed by atoms with Gasteiger partial charge in [-0.2, -0.15) is 4.98 Å². The molecule has 0 unspecified atom stereocenters. The van der Waals surface area contributed by atoms with Gasteiger partial charge >= 0.3 is 0 Å². The van der Waals surface area contributed by atoms with E-state index in [1.165, 1.54) is 23.5 Å². The minimum Gasteiger partial charge on any atom is -0.494 e. The molecule has 2 aromatic carbocycles. The summed E-state index contributed by atoms with van der Waals surface area (Å²) in [5, 5.41) is 7.64. The first kappa shape index (κ1) is 19.8. The number of ether oxygens (including phenoxy) is 2. The number of anilines is 3. The van der Waals surface area contributed by atoms with Gasteiger partial charge in [0.25, 0.3) is 0 Å². The van der Waals surface area contributed by atoms with Crippen molar-refractivity contribution in [2.45, 2.75) is 6.04 Å². The van der Waals surface area contributed by atoms with Crippen LogP contribution in [0.3, 0.4) is 0 Å². The van der Waals surface area contributed by atoms with E-state index < -0.39 is 5.82 Å². The minimum absolute atomic E-state index is 0.195. The Morgan fingerprint density at radius 3 is 2.71 bits per heavy atom. The molecule has 2 fully saturated rings. The number of halogens is 1. The molecule has 0 saturated carbocycles. The number of nitrogens with zero attached hydrogens (tertiary/aromatic N) is 5. The summed E-state index contributed by atoms with van der Waals surface area (Å²) < 4.78 is 25.9. The van der Waals surface area contributed by atoms with E-state index in [9.17, 15) is 4.39 Å². The van der Waals surface area contributed by atoms with Crippen LogP contribution in [0.1, 0.15) is 0 Å². The predicted molar refractivity (Wildman–Crippen MR) is 116 cm³/mol. The van der Waals surface area contributed by atoms with Crippen LogP contribution in [0.4, 0.5) is 21.7 Å². The summed E-state index contributed by atoms with van der Waals surface area (Å²) in [5.74, 6) is 0.201. The van der Waals surface area contributed by atoms with E-state index in [1.54, 1.807) is 18.5 Å². The summed E-state index contributed by atoms with van der Waals surface area (Å²) in [6, 6.07) is 13.5. The number of hydrogen-bond donors (Lipinski definition) is 1. The highest BCUT2D eigenvalue weighted by atomic mass is 19.1. The van der Waals surface area contributed by atoms with Crippen molar-refractivity contribution in [1.82, 2.24) is 19.7 Å². The fourth-order valence-electron chi connectivity index (χ4n) is 3.99. The summed E-state index contributed by atoms with van der Waals surface area (Å²) >= 11 is 0. The zero-order valence-corrected chi connectivity index (χ0v) is 17.4. The van der Waals surface area contributed by atoms with Crippen molar-refractivity contribution in [3.8, 4) is 11.4 Å². The molecule has 1 N–H and O–H groups in total. The highest BCUT2D eigenvalue weighted by molar-refractivity contribution is 5.63. The van der Waals surface area contributed by atoms with Crippen molar-refractivity contribution in [3.63, 3.8) is 0 Å². The lowest BCUT2D eigenvalue weighted by Crippen LogP contribution is -2.61. The third-order valence-electron chi connectivity index (χ3n) is 5.78. The van der Waals surface area contributed by atoms with Crippen molar-refractivity contribution < 1.29 is 13.9 Å². The smallest absolute Gasteiger partial charge is 0.246 e. The Kier molecular flexibility index (Phi) is 5.44. The molecule has 2 aliphatic heterocycles. The fourth-order valence-corrected chi connectivity index (χ4v) is 3.99. The molecule has 31 heavy (non-hydrogen) atoms. The molecule has 0 radical (unpaired) electrons. The SMILES string of the molecule is COc1ccc(-n2cnc(Nc3cccc(N4CC(N5CCOCC5)C4)c3)n2)cc1F. The summed E-state index contributed by atoms with van der Waals surface area (Å²) in [5.41, 5.74) is 2.65. The summed E-state index contributed by atoms with van der Waals surface area (Å²) in [6.45, 7) is 5.76. The van der Waals surface area contributed by atoms with Gasteiger partial charge in [0, 0.05) is 49.7 Å². The molecule has 0 spiro atoms. The van der Waals surface area contributed by atoms with Gasteiger partial charge in [0.15, 0.2) is 11.6 Å². The lowest BCUT2D eigenvalue weighted by Gasteiger charge is -2.47. The second-order valence-corrected chi connectivity index (χ2v) is 7.71. The molecule has 1 aromatic heterocycles. The second-order valence-electron chi connectivity index (χ2n) is 7.71. The van der Waals surface area contributed by atoms with Gasteiger partial charge in [0.1, 0.15) is 6.33 Å². The third kappa shape index (κ3) is 4.19. The minimum atomic E-state index is -0.442. The Morgan fingerprint density at radius 2 is 1.94 bits per heavy atom. The number of nitrogens with one attached hydrogen (secondary N) is 1. The zero-order valence-electron chi connectivity index (χ0n) is 17.4. The number of aromatic nitrogens is 3. The molecule has 0 atom stereocenters. The quantitative estimate of drug-likeness (QED) is 0.653. The van der Waals surface area contributed by atoms with Crippen LogP contribution in [0.15, 0.2) is 48.8 Å². The number of benzene rings is 2. The fraction of sp³-hybridized carbons (Fsp3) is 0.364. The van der Waals surface area contributed by atoms with Crippen LogP contribution in [0.5, 0.6) is 5.75 Å². The molecule has 0 amide bonds. The molecule has 8 nitrogen and oxygen atoms in total. The number of rotatable bonds is 6. The number of hydrogen-bond acceptors (Lipinski definition) is 7. The van der Waals surface area contributed by atoms with Crippen LogP contribution < -0.4 is 15.0 Å². The van der Waals surface area contributed by atoms with Crippen molar-refractivity contribution in [1.29, 1.82) is 0 Å². The Morgan fingerprint density at radius 1 is 1.10 bits per heavy atom. The van der Waals surface area contributed by atoms with E-state index >= 15 is 0 Å². The zero-order chi connectivity index (χ0) is 21.2. The maximum Gasteiger partial charge on any atom is 0.246 e. The van der Waals surface area contributed by atoms with Gasteiger partial charge in [-0.1, -0.05) is 6.07 Å². The predicted octanol–water partition coefficient (Wildman–Crippen LogP) is 2.68. The van der Waals surface area contributed by atoms with Crippen molar-refractivity contribution >= 4 is 17.3 Å². The molecule has 0 aliphatic carbocycles. The molecule has 5 rings (SSSR count). The van der Waals surface area contributed by atoms with Crippen LogP contribution in [-0.4, -0.2) is 72.2 Å². The molecule has 2 saturated heterocycles. The van der Waals surface area contributed by atoms with E-state index in [-0.39, 0.29) is 5.75 Å². The Balaban J connectivity index is 1.23. The van der Waals surface area contributed by atoms with Gasteiger partial charge in [0.05, 0.1) is 26.0 Å². The first-order chi connectivity index (χ1) is 15.2. The van der Waals surface area contributed by atoms with Crippen molar-refractivity contribution in [2.75, 3.05) is 56.7 Å². The monoisotopic (exact) mass is 424 g/mol. The van der Waals surface area contributed by atoms with Gasteiger partial charge in [-0.05, 0) is 30.3 Å². The second kappa shape index (κ2) is 8.52. The van der Waals surface area contributed by atoms with Crippen LogP contribution in [0, 0.1) is 5.82 Å². The van der Waals surface area contributed by atoms with Crippen LogP contribution in [0.25, 0.3) is 5.69 Å². The van der Waals surface area contributed by atoms with E-state index in [4.69, 9.17) is 9.47 Å². The average Bonchev–Trinajstić information content (AvgIpc) is 3.22. The Hall–Kier alpha value is -3.17. The largest absolute Gasteiger partial charge is 0.494 e. The molecular formula is C22H25FN6O2. The van der Waals surface area contributed by atoms with Crippen LogP contribution in [0.2, 0.25) is 0 Å². The highest BCUT2D eigenvalue weighted by Gasteiger charge is 2.32. The van der Waals surface area contributed by atoms with Gasteiger partial charge in [-0.15, -0.1) is 5.10 Å². The summed E-state index contributed by atoms with van der Waals surface area (Å²) in [6.07, 6.45) is 1.55. The van der Waals surface area contributed by atoms with E-state index in [0.717, 1.165) is 45.1 Å². The first-order valence-electron chi connectivity index (χ1n) is 10.4. The van der Waals surface area contributed by atoms with Crippen LogP contribution >= 0.6 is 0 Å². The normalized spacial score (nSPS) is 17.4. The van der Waals surface area contributed by atoms with Gasteiger partial charge in [-0.3, -0.25) is 4.90 Å². The van der Waals surface area contributed by atoms with Crippen LogP contribution in [-0.2, 0) is 4.74 Å². The van der Waals surface area contributed by atoms with E-state index in [0.29, 0.717) is 17.7 Å². The van der Waals surface area contributed by atoms with Gasteiger partial charge in [0.2, 0.25) is 5.95 Å². The summed E-state index contributed by atoms with van der Waals surface area (Å²) in [7, 11) is 1.44. The Bertz CT molecular complexity index is 1050. The van der Waals surface area contributed by atoms with E-state index in [2.05, 4.69) is 37.3 Å². The number of methoxy groups -OCH3 is 1. The highest BCUT2D eigenvalue weighted by Crippen LogP contribution is 2.27. The van der Waals surface area contributed by atoms with Gasteiger partial charge in [-0.25, -0.2) is 9.07 Å². The summed E-state index contributed by atoms with van der Waals surface area (Å²) in [4.78, 5) is 9.18. The lowest BCUT2D eigenvalue weighted by atomic mass is 10.0. The van der Waals surface area contributed by atoms with Crippen molar-refractivity contribution in [3.05, 3.63) is 54.6 Å². The first-order valence-corrected chi connectivity index (χ1v) is 10.4. The molecule has 3 aromatic rings. The Labute approximate surface area is 180 Å². The average molecular weight is 424 g/mol. The molecule has 3 heterocycles. The topological polar surface area (TPSA) is 67.7 Å². The molecule has 0 bridgehead atoms. The van der Waals surface area contributed by atoms with Gasteiger partial charge < -0.3 is 19.7 Å². The van der Waals surface area contributed by atoms with Crippen molar-refractivity contribution in [2.24, 2.45) is 0 Å². The third-order valence-corrected chi connectivity index (χ3v) is 5.78. The molecule has 9 heteroatoms. The molecule has 162 valence electrons. The maximum atomic E-state index is 14.0. The molecular weight excluding hydrogens is 399 g/mol. The maximum absolute atomic E-state index is 14.0. The van der Waals surface area contributed by atoms with E-state index in [1.807, 2.05) is 12.1 Å². The molecule has 2 aliphatic rings. The standard InChI is InChI=1S/C22H25FN6O2/c1-30-21-6-5-18(12-20(21)23)29-15-24-22(26-29)25-16-3-2-4-17(11-16)28-13-19(14-28)27-7-9-31-10-8-27/h2-6,11-12,15,19H,7-10,13-14H2,1H3,(H,25,26).